The van der Waals surface area contributed by atoms with Gasteiger partial charge in [-0.3, -0.25) is 5.43 Å². The third kappa shape index (κ3) is 3.15. The maximum absolute atomic E-state index is 5.31. The Morgan fingerprint density at radius 2 is 1.48 bits per heavy atom. The Bertz CT molecular complexity index is 1240. The van der Waals surface area contributed by atoms with Gasteiger partial charge in [0.15, 0.2) is 5.84 Å². The van der Waals surface area contributed by atoms with E-state index in [2.05, 4.69) is 29.7 Å². The van der Waals surface area contributed by atoms with Crippen molar-refractivity contribution >= 4 is 28.0 Å². The molecule has 4 aromatic carbocycles. The molecule has 4 heteroatoms. The number of nitrogens with zero attached hydrogens (tertiary/aromatic N) is 2. The Morgan fingerprint density at radius 3 is 2.28 bits per heavy atom. The van der Waals surface area contributed by atoms with Gasteiger partial charge >= 0.3 is 0 Å². The summed E-state index contributed by atoms with van der Waals surface area (Å²) in [6.45, 7) is 0. The molecular weight excluding hydrogens is 358 g/mol. The second-order valence-electron chi connectivity index (χ2n) is 6.81. The predicted octanol–water partition coefficient (Wildman–Crippen LogP) is 5.28. The van der Waals surface area contributed by atoms with Crippen molar-refractivity contribution in [3.63, 3.8) is 0 Å². The zero-order chi connectivity index (χ0) is 19.6. The molecule has 29 heavy (non-hydrogen) atoms. The van der Waals surface area contributed by atoms with Crippen LogP contribution in [0, 0.1) is 0 Å². The van der Waals surface area contributed by atoms with Crippen molar-refractivity contribution in [3.8, 4) is 5.75 Å². The Hall–Kier alpha value is -3.92. The number of hydrogen-bond donors (Lipinski definition) is 1. The maximum atomic E-state index is 5.31. The van der Waals surface area contributed by atoms with Gasteiger partial charge in [-0.2, -0.15) is 5.10 Å². The van der Waals surface area contributed by atoms with Crippen molar-refractivity contribution < 1.29 is 4.74 Å². The zero-order valence-corrected chi connectivity index (χ0v) is 16.0. The summed E-state index contributed by atoms with van der Waals surface area (Å²) in [5, 5.41) is 7.00. The van der Waals surface area contributed by atoms with E-state index in [9.17, 15) is 0 Å². The number of amidine groups is 1. The number of hydrazone groups is 1. The second-order valence-corrected chi connectivity index (χ2v) is 6.81. The number of aliphatic imine (C=N–C) groups is 1. The van der Waals surface area contributed by atoms with E-state index in [1.807, 2.05) is 66.7 Å². The van der Waals surface area contributed by atoms with Crippen LogP contribution in [-0.4, -0.2) is 18.7 Å². The summed E-state index contributed by atoms with van der Waals surface area (Å²) in [4.78, 5) is 5.01. The standard InChI is InChI=1S/C25H19N3O/c1-29-20-14-11-18(12-15-20)23-22-16-13-17-7-5-6-10-21(17)24(22)26-25(28-27-23)19-8-3-2-4-9-19/h2-16H,1H3,(H,26,28). The molecule has 0 aliphatic carbocycles. The lowest BCUT2D eigenvalue weighted by atomic mass is 9.97. The Balaban J connectivity index is 1.74. The molecule has 0 amide bonds. The molecule has 5 rings (SSSR count). The molecule has 0 saturated heterocycles. The van der Waals surface area contributed by atoms with E-state index < -0.39 is 0 Å². The van der Waals surface area contributed by atoms with E-state index >= 15 is 0 Å². The Morgan fingerprint density at radius 1 is 0.724 bits per heavy atom. The van der Waals surface area contributed by atoms with E-state index in [4.69, 9.17) is 14.8 Å². The highest BCUT2D eigenvalue weighted by atomic mass is 16.5. The first kappa shape index (κ1) is 17.2. The van der Waals surface area contributed by atoms with Crippen LogP contribution in [0.5, 0.6) is 5.75 Å². The SMILES string of the molecule is COc1ccc(C2=NNC(c3ccccc3)=Nc3c2ccc2ccccc32)cc1. The smallest absolute Gasteiger partial charge is 0.154 e. The predicted molar refractivity (Wildman–Crippen MR) is 118 cm³/mol. The van der Waals surface area contributed by atoms with E-state index in [1.165, 1.54) is 0 Å². The minimum Gasteiger partial charge on any atom is -0.497 e. The third-order valence-corrected chi connectivity index (χ3v) is 5.06. The number of rotatable bonds is 3. The van der Waals surface area contributed by atoms with Gasteiger partial charge in [0.2, 0.25) is 0 Å². The molecule has 4 aromatic rings. The monoisotopic (exact) mass is 377 g/mol. The van der Waals surface area contributed by atoms with Gasteiger partial charge in [0, 0.05) is 22.1 Å². The van der Waals surface area contributed by atoms with Gasteiger partial charge in [0.25, 0.3) is 0 Å². The zero-order valence-electron chi connectivity index (χ0n) is 16.0. The third-order valence-electron chi connectivity index (χ3n) is 5.06. The number of fused-ring (bicyclic) bond motifs is 3. The van der Waals surface area contributed by atoms with Gasteiger partial charge in [-0.15, -0.1) is 0 Å². The summed E-state index contributed by atoms with van der Waals surface area (Å²) in [5.41, 5.74) is 7.95. The summed E-state index contributed by atoms with van der Waals surface area (Å²) in [5.74, 6) is 1.54. The van der Waals surface area contributed by atoms with Crippen LogP contribution >= 0.6 is 0 Å². The van der Waals surface area contributed by atoms with Crippen molar-refractivity contribution in [3.05, 3.63) is 108 Å². The number of ether oxygens (including phenoxy) is 1. The molecule has 0 bridgehead atoms. The van der Waals surface area contributed by atoms with Gasteiger partial charge in [-0.25, -0.2) is 4.99 Å². The van der Waals surface area contributed by atoms with Crippen molar-refractivity contribution in [1.29, 1.82) is 0 Å². The minimum absolute atomic E-state index is 0.728. The largest absolute Gasteiger partial charge is 0.497 e. The van der Waals surface area contributed by atoms with Crippen LogP contribution in [0.25, 0.3) is 10.8 Å². The normalized spacial score (nSPS) is 13.0. The van der Waals surface area contributed by atoms with Gasteiger partial charge in [-0.1, -0.05) is 60.7 Å². The van der Waals surface area contributed by atoms with Gasteiger partial charge in [0.1, 0.15) is 11.5 Å². The molecule has 0 atom stereocenters. The second kappa shape index (κ2) is 7.24. The average molecular weight is 377 g/mol. The number of methoxy groups -OCH3 is 1. The maximum Gasteiger partial charge on any atom is 0.154 e. The van der Waals surface area contributed by atoms with E-state index in [0.717, 1.165) is 50.4 Å². The van der Waals surface area contributed by atoms with E-state index in [1.54, 1.807) is 7.11 Å². The molecule has 140 valence electrons. The first-order valence-electron chi connectivity index (χ1n) is 9.48. The fourth-order valence-electron chi connectivity index (χ4n) is 3.57. The molecule has 0 saturated carbocycles. The fraction of sp³-hybridized carbons (Fsp3) is 0.0400. The molecule has 4 nitrogen and oxygen atoms in total. The topological polar surface area (TPSA) is 46.0 Å². The number of benzene rings is 4. The van der Waals surface area contributed by atoms with Gasteiger partial charge < -0.3 is 4.74 Å². The fourth-order valence-corrected chi connectivity index (χ4v) is 3.57. The quantitative estimate of drug-likeness (QED) is 0.528. The van der Waals surface area contributed by atoms with Gasteiger partial charge in [0.05, 0.1) is 12.8 Å². The summed E-state index contributed by atoms with van der Waals surface area (Å²) in [6, 6.07) is 30.5. The lowest BCUT2D eigenvalue weighted by Crippen LogP contribution is -2.19. The lowest BCUT2D eigenvalue weighted by molar-refractivity contribution is 0.415. The molecular formula is C25H19N3O. The minimum atomic E-state index is 0.728. The van der Waals surface area contributed by atoms with Gasteiger partial charge in [-0.05, 0) is 35.7 Å². The highest BCUT2D eigenvalue weighted by Gasteiger charge is 2.19. The molecule has 0 spiro atoms. The molecule has 1 aliphatic heterocycles. The Labute approximate surface area is 169 Å². The van der Waals surface area contributed by atoms with Crippen LogP contribution in [0.1, 0.15) is 16.7 Å². The Kier molecular flexibility index (Phi) is 4.30. The number of hydrogen-bond acceptors (Lipinski definition) is 4. The number of nitrogens with one attached hydrogen (secondary N) is 1. The highest BCUT2D eigenvalue weighted by Crippen LogP contribution is 2.34. The van der Waals surface area contributed by atoms with E-state index in [0.29, 0.717) is 0 Å². The molecule has 0 fully saturated rings. The molecule has 0 unspecified atom stereocenters. The van der Waals surface area contributed by atoms with Crippen LogP contribution in [0.2, 0.25) is 0 Å². The molecule has 0 aromatic heterocycles. The first-order chi connectivity index (χ1) is 14.3. The van der Waals surface area contributed by atoms with Crippen molar-refractivity contribution in [2.75, 3.05) is 7.11 Å². The summed E-state index contributed by atoms with van der Waals surface area (Å²) >= 11 is 0. The van der Waals surface area contributed by atoms with Crippen LogP contribution in [0.15, 0.2) is 101 Å². The lowest BCUT2D eigenvalue weighted by Gasteiger charge is -2.11. The van der Waals surface area contributed by atoms with Crippen molar-refractivity contribution in [1.82, 2.24) is 5.43 Å². The molecule has 1 heterocycles. The van der Waals surface area contributed by atoms with E-state index in [-0.39, 0.29) is 0 Å². The van der Waals surface area contributed by atoms with Crippen LogP contribution in [-0.2, 0) is 0 Å². The van der Waals surface area contributed by atoms with Crippen LogP contribution < -0.4 is 10.2 Å². The summed E-state index contributed by atoms with van der Waals surface area (Å²) < 4.78 is 5.31. The van der Waals surface area contributed by atoms with Crippen molar-refractivity contribution in [2.45, 2.75) is 0 Å². The average Bonchev–Trinajstić information content (AvgIpc) is 3.00. The summed E-state index contributed by atoms with van der Waals surface area (Å²) in [6.07, 6.45) is 0. The molecule has 0 radical (unpaired) electrons. The molecule has 1 N–H and O–H groups in total. The highest BCUT2D eigenvalue weighted by molar-refractivity contribution is 6.21. The van der Waals surface area contributed by atoms with Crippen LogP contribution in [0.3, 0.4) is 0 Å². The van der Waals surface area contributed by atoms with Crippen LogP contribution in [0.4, 0.5) is 5.69 Å². The first-order valence-corrected chi connectivity index (χ1v) is 9.48. The molecule has 1 aliphatic rings. The van der Waals surface area contributed by atoms with Crippen molar-refractivity contribution in [2.24, 2.45) is 10.1 Å². The summed E-state index contributed by atoms with van der Waals surface area (Å²) in [7, 11) is 1.67.